The van der Waals surface area contributed by atoms with Gasteiger partial charge < -0.3 is 14.5 Å². The van der Waals surface area contributed by atoms with Crippen LogP contribution in [0.2, 0.25) is 0 Å². The molecular formula is C20H27N3O3S. The molecule has 1 saturated heterocycles. The number of benzene rings is 1. The summed E-state index contributed by atoms with van der Waals surface area (Å²) in [6, 6.07) is 8.98. The first-order chi connectivity index (χ1) is 12.7. The van der Waals surface area contributed by atoms with Crippen molar-refractivity contribution in [3.63, 3.8) is 0 Å². The van der Waals surface area contributed by atoms with E-state index >= 15 is 0 Å². The predicted octanol–water partition coefficient (Wildman–Crippen LogP) is 3.52. The quantitative estimate of drug-likeness (QED) is 0.788. The molecule has 1 atom stereocenters. The molecule has 146 valence electrons. The van der Waals surface area contributed by atoms with Crippen molar-refractivity contribution in [1.29, 1.82) is 5.26 Å². The fourth-order valence-corrected chi connectivity index (χ4v) is 3.39. The number of hydrogen-bond donors (Lipinski definition) is 0. The second kappa shape index (κ2) is 9.14. The number of piperazine rings is 1. The molecule has 1 aromatic rings. The first-order valence-corrected chi connectivity index (χ1v) is 10.3. The van der Waals surface area contributed by atoms with Gasteiger partial charge in [-0.05, 0) is 44.2 Å². The molecule has 0 saturated carbocycles. The molecule has 0 bridgehead atoms. The molecular weight excluding hydrogens is 362 g/mol. The maximum absolute atomic E-state index is 12.8. The van der Waals surface area contributed by atoms with Crippen LogP contribution in [0.15, 0.2) is 24.3 Å². The summed E-state index contributed by atoms with van der Waals surface area (Å²) in [6.45, 7) is 8.33. The fourth-order valence-electron chi connectivity index (χ4n) is 2.76. The van der Waals surface area contributed by atoms with Crippen LogP contribution in [0.25, 0.3) is 0 Å². The van der Waals surface area contributed by atoms with Crippen molar-refractivity contribution >= 4 is 23.8 Å². The first kappa shape index (κ1) is 21.1. The summed E-state index contributed by atoms with van der Waals surface area (Å²) in [6.07, 6.45) is -0.451. The Labute approximate surface area is 165 Å². The predicted molar refractivity (Wildman–Crippen MR) is 107 cm³/mol. The van der Waals surface area contributed by atoms with Gasteiger partial charge in [-0.2, -0.15) is 17.0 Å². The number of carbonyl (C=O) groups is 2. The van der Waals surface area contributed by atoms with Gasteiger partial charge in [0.1, 0.15) is 11.6 Å². The van der Waals surface area contributed by atoms with E-state index in [1.807, 2.05) is 36.0 Å². The number of nitriles is 1. The van der Waals surface area contributed by atoms with Gasteiger partial charge in [-0.15, -0.1) is 0 Å². The zero-order valence-electron chi connectivity index (χ0n) is 16.4. The van der Waals surface area contributed by atoms with Crippen LogP contribution in [0.4, 0.5) is 4.79 Å². The minimum atomic E-state index is -0.686. The minimum Gasteiger partial charge on any atom is -0.444 e. The van der Waals surface area contributed by atoms with Crippen LogP contribution in [0.3, 0.4) is 0 Å². The highest BCUT2D eigenvalue weighted by Gasteiger charge is 2.34. The summed E-state index contributed by atoms with van der Waals surface area (Å²) in [5, 5.41) is 9.51. The number of hydrogen-bond acceptors (Lipinski definition) is 5. The second-order valence-electron chi connectivity index (χ2n) is 7.40. The molecule has 0 aromatic heterocycles. The average Bonchev–Trinajstić information content (AvgIpc) is 2.64. The zero-order valence-corrected chi connectivity index (χ0v) is 17.2. The zero-order chi connectivity index (χ0) is 20.0. The molecule has 7 heteroatoms. The van der Waals surface area contributed by atoms with Crippen LogP contribution >= 0.6 is 11.8 Å². The van der Waals surface area contributed by atoms with Gasteiger partial charge >= 0.3 is 6.09 Å². The maximum atomic E-state index is 12.8. The molecule has 1 fully saturated rings. The Hall–Kier alpha value is -2.20. The summed E-state index contributed by atoms with van der Waals surface area (Å²) >= 11 is 1.83. The van der Waals surface area contributed by atoms with Gasteiger partial charge in [0.15, 0.2) is 0 Å². The van der Waals surface area contributed by atoms with E-state index in [1.54, 1.807) is 20.8 Å². The number of amides is 2. The largest absolute Gasteiger partial charge is 0.444 e. The lowest BCUT2D eigenvalue weighted by molar-refractivity contribution is 0.00926. The van der Waals surface area contributed by atoms with Gasteiger partial charge in [0.2, 0.25) is 0 Å². The molecule has 1 aromatic carbocycles. The highest BCUT2D eigenvalue weighted by molar-refractivity contribution is 7.98. The van der Waals surface area contributed by atoms with Crippen LogP contribution in [-0.2, 0) is 10.5 Å². The van der Waals surface area contributed by atoms with Crippen molar-refractivity contribution in [2.24, 2.45) is 0 Å². The van der Waals surface area contributed by atoms with E-state index in [9.17, 15) is 14.9 Å². The van der Waals surface area contributed by atoms with Gasteiger partial charge in [0.05, 0.1) is 12.6 Å². The summed E-state index contributed by atoms with van der Waals surface area (Å²) in [5.74, 6) is 1.78. The molecule has 0 radical (unpaired) electrons. The Morgan fingerprint density at radius 3 is 2.48 bits per heavy atom. The third-order valence-electron chi connectivity index (χ3n) is 4.12. The topological polar surface area (TPSA) is 73.6 Å². The van der Waals surface area contributed by atoms with Crippen molar-refractivity contribution < 1.29 is 14.3 Å². The Bertz CT molecular complexity index is 707. The molecule has 1 aliphatic rings. The Morgan fingerprint density at radius 1 is 1.26 bits per heavy atom. The summed E-state index contributed by atoms with van der Waals surface area (Å²) in [7, 11) is 0. The summed E-state index contributed by atoms with van der Waals surface area (Å²) in [5.41, 5.74) is 1.14. The van der Waals surface area contributed by atoms with E-state index in [-0.39, 0.29) is 12.5 Å². The first-order valence-electron chi connectivity index (χ1n) is 9.10. The standard InChI is InChI=1S/C20H27N3O3S/c1-5-27-14-15-6-8-16(9-7-15)18(24)23-11-10-22(13-17(23)12-21)19(25)26-20(2,3)4/h6-9,17H,5,10-11,13-14H2,1-4H3/t17-/m1/s1. The van der Waals surface area contributed by atoms with E-state index in [0.29, 0.717) is 18.7 Å². The maximum Gasteiger partial charge on any atom is 0.410 e. The van der Waals surface area contributed by atoms with Gasteiger partial charge in [-0.25, -0.2) is 4.79 Å². The lowest BCUT2D eigenvalue weighted by Gasteiger charge is -2.38. The highest BCUT2D eigenvalue weighted by Crippen LogP contribution is 2.18. The third-order valence-corrected chi connectivity index (χ3v) is 5.06. The van der Waals surface area contributed by atoms with Gasteiger partial charge in [-0.1, -0.05) is 19.1 Å². The van der Waals surface area contributed by atoms with Crippen LogP contribution < -0.4 is 0 Å². The molecule has 1 heterocycles. The number of nitrogens with zero attached hydrogens (tertiary/aromatic N) is 3. The van der Waals surface area contributed by atoms with Crippen molar-refractivity contribution in [3.05, 3.63) is 35.4 Å². The lowest BCUT2D eigenvalue weighted by atomic mass is 10.1. The van der Waals surface area contributed by atoms with E-state index in [0.717, 1.165) is 11.5 Å². The van der Waals surface area contributed by atoms with Gasteiger partial charge in [0, 0.05) is 24.4 Å². The SMILES string of the molecule is CCSCc1ccc(C(=O)N2CCN(C(=O)OC(C)(C)C)C[C@H]2C#N)cc1. The molecule has 6 nitrogen and oxygen atoms in total. The average molecular weight is 390 g/mol. The van der Waals surface area contributed by atoms with E-state index in [2.05, 4.69) is 13.0 Å². The molecule has 2 rings (SSSR count). The normalized spacial score (nSPS) is 17.4. The molecule has 0 unspecified atom stereocenters. The van der Waals surface area contributed by atoms with Crippen LogP contribution in [0.5, 0.6) is 0 Å². The van der Waals surface area contributed by atoms with Crippen molar-refractivity contribution in [1.82, 2.24) is 9.80 Å². The van der Waals surface area contributed by atoms with Crippen molar-refractivity contribution in [2.75, 3.05) is 25.4 Å². The van der Waals surface area contributed by atoms with Crippen molar-refractivity contribution in [2.45, 2.75) is 45.1 Å². The Morgan fingerprint density at radius 2 is 1.93 bits per heavy atom. The van der Waals surface area contributed by atoms with E-state index in [4.69, 9.17) is 4.74 Å². The Kier molecular flexibility index (Phi) is 7.14. The summed E-state index contributed by atoms with van der Waals surface area (Å²) in [4.78, 5) is 28.1. The summed E-state index contributed by atoms with van der Waals surface area (Å²) < 4.78 is 5.37. The number of ether oxygens (including phenoxy) is 1. The van der Waals surface area contributed by atoms with E-state index in [1.165, 1.54) is 15.4 Å². The van der Waals surface area contributed by atoms with Gasteiger partial charge in [-0.3, -0.25) is 4.79 Å². The minimum absolute atomic E-state index is 0.155. The monoisotopic (exact) mass is 389 g/mol. The second-order valence-corrected chi connectivity index (χ2v) is 8.68. The fraction of sp³-hybridized carbons (Fsp3) is 0.550. The smallest absolute Gasteiger partial charge is 0.410 e. The molecule has 0 aliphatic carbocycles. The third kappa shape index (κ3) is 5.90. The molecule has 0 spiro atoms. The molecule has 2 amide bonds. The Balaban J connectivity index is 2.03. The van der Waals surface area contributed by atoms with Crippen LogP contribution in [-0.4, -0.2) is 58.8 Å². The van der Waals surface area contributed by atoms with Crippen LogP contribution in [0, 0.1) is 11.3 Å². The van der Waals surface area contributed by atoms with Crippen LogP contribution in [0.1, 0.15) is 43.6 Å². The number of carbonyl (C=O) groups excluding carboxylic acids is 2. The molecule has 27 heavy (non-hydrogen) atoms. The lowest BCUT2D eigenvalue weighted by Crippen LogP contribution is -2.56. The van der Waals surface area contributed by atoms with E-state index < -0.39 is 17.7 Å². The number of rotatable bonds is 4. The molecule has 0 N–H and O–H groups in total. The highest BCUT2D eigenvalue weighted by atomic mass is 32.2. The number of thioether (sulfide) groups is 1. The van der Waals surface area contributed by atoms with Gasteiger partial charge in [0.25, 0.3) is 5.91 Å². The van der Waals surface area contributed by atoms with Crippen molar-refractivity contribution in [3.8, 4) is 6.07 Å². The molecule has 1 aliphatic heterocycles.